The molecule has 0 aromatic heterocycles. The molecule has 0 bridgehead atoms. The summed E-state index contributed by atoms with van der Waals surface area (Å²) in [6.07, 6.45) is -0.173. The third-order valence-electron chi connectivity index (χ3n) is 11.9. The van der Waals surface area contributed by atoms with Crippen LogP contribution in [0.25, 0.3) is 5.76 Å². The molecule has 1 saturated carbocycles. The zero-order valence-corrected chi connectivity index (χ0v) is 29.6. The van der Waals surface area contributed by atoms with Gasteiger partial charge in [-0.1, -0.05) is 91.3 Å². The van der Waals surface area contributed by atoms with Gasteiger partial charge in [-0.25, -0.2) is 0 Å². The first kappa shape index (κ1) is 35.3. The van der Waals surface area contributed by atoms with Crippen LogP contribution in [0.15, 0.2) is 53.3 Å². The number of aryl methyl sites for hydroxylation is 1. The average molecular weight is 657 g/mol. The van der Waals surface area contributed by atoms with E-state index in [1.165, 1.54) is 6.07 Å². The molecule has 2 aromatic carbocycles. The topological polar surface area (TPSA) is 149 Å². The van der Waals surface area contributed by atoms with Crippen LogP contribution in [0.4, 0.5) is 0 Å². The summed E-state index contributed by atoms with van der Waals surface area (Å²) >= 11 is 0. The van der Waals surface area contributed by atoms with Crippen LogP contribution in [0.2, 0.25) is 0 Å². The summed E-state index contributed by atoms with van der Waals surface area (Å²) in [6, 6.07) is 10.7. The lowest BCUT2D eigenvalue weighted by Gasteiger charge is -2.65. The Morgan fingerprint density at radius 2 is 1.62 bits per heavy atom. The summed E-state index contributed by atoms with van der Waals surface area (Å²) in [4.78, 5) is 56.5. The molecule has 1 fully saturated rings. The fraction of sp³-hybridized carbons (Fsp3) is 0.500. The third-order valence-corrected chi connectivity index (χ3v) is 11.9. The molecule has 6 atom stereocenters. The standard InChI is InChI=1S/C40H48O8/c1-19(2)31-33(44)29(22(5)41)35(46)40(48)36(47)32-34(45)30-25(12-11-13-27(30)43)21(4)38(32,9)28(39(31,40)10)18-24(42)17-23-15-14-20(3)16-26(23)37(6,7)8/h11-16,19,21,28,31,43,45-46,48H,17-18H2,1-10H3/t21-,28-,31?,38-,39-,40+/m1/s1. The lowest BCUT2D eigenvalue weighted by Crippen LogP contribution is -2.73. The number of aliphatic hydroxyl groups excluding tert-OH is 2. The fourth-order valence-corrected chi connectivity index (χ4v) is 9.57. The first-order valence-electron chi connectivity index (χ1n) is 16.7. The Morgan fingerprint density at radius 1 is 1.00 bits per heavy atom. The van der Waals surface area contributed by atoms with Gasteiger partial charge in [0.15, 0.2) is 17.2 Å². The largest absolute Gasteiger partial charge is 0.508 e. The van der Waals surface area contributed by atoms with E-state index in [1.54, 1.807) is 39.8 Å². The molecule has 8 nitrogen and oxygen atoms in total. The Bertz CT molecular complexity index is 1840. The van der Waals surface area contributed by atoms with Gasteiger partial charge in [-0.05, 0) is 59.8 Å². The number of hydrogen-bond acceptors (Lipinski definition) is 8. The molecule has 8 heteroatoms. The highest BCUT2D eigenvalue weighted by Crippen LogP contribution is 2.71. The Hall–Kier alpha value is -4.04. The number of phenols is 1. The molecule has 0 amide bonds. The van der Waals surface area contributed by atoms with E-state index in [0.717, 1.165) is 23.6 Å². The second kappa shape index (κ2) is 11.3. The quantitative estimate of drug-likeness (QED) is 0.249. The number of phenolic OH excluding ortho intramolecular Hbond substituents is 1. The van der Waals surface area contributed by atoms with E-state index in [2.05, 4.69) is 26.8 Å². The Balaban J connectivity index is 1.83. The smallest absolute Gasteiger partial charge is 0.203 e. The number of Topliss-reactive ketones (excluding diaryl/α,β-unsaturated/α-hetero) is 4. The number of carbonyl (C=O) groups excluding carboxylic acids is 4. The van der Waals surface area contributed by atoms with Gasteiger partial charge in [-0.3, -0.25) is 19.2 Å². The number of benzene rings is 2. The number of hydrogen-bond donors (Lipinski definition) is 4. The highest BCUT2D eigenvalue weighted by atomic mass is 16.3. The molecule has 256 valence electrons. The maximum Gasteiger partial charge on any atom is 0.203 e. The summed E-state index contributed by atoms with van der Waals surface area (Å²) in [5.74, 6) is -7.94. The molecule has 4 N–H and O–H groups in total. The van der Waals surface area contributed by atoms with Crippen LogP contribution < -0.4 is 0 Å². The van der Waals surface area contributed by atoms with Crippen molar-refractivity contribution in [2.75, 3.05) is 0 Å². The van der Waals surface area contributed by atoms with E-state index in [4.69, 9.17) is 0 Å². The predicted molar refractivity (Wildman–Crippen MR) is 183 cm³/mol. The lowest BCUT2D eigenvalue weighted by atomic mass is 9.37. The van der Waals surface area contributed by atoms with E-state index < -0.39 is 74.5 Å². The van der Waals surface area contributed by atoms with Crippen molar-refractivity contribution in [3.63, 3.8) is 0 Å². The van der Waals surface area contributed by atoms with Crippen LogP contribution in [-0.4, -0.2) is 49.2 Å². The predicted octanol–water partition coefficient (Wildman–Crippen LogP) is 6.78. The van der Waals surface area contributed by atoms with Crippen molar-refractivity contribution < 1.29 is 39.6 Å². The van der Waals surface area contributed by atoms with Gasteiger partial charge in [0.2, 0.25) is 5.78 Å². The first-order valence-corrected chi connectivity index (χ1v) is 16.7. The zero-order valence-electron chi connectivity index (χ0n) is 29.6. The molecule has 3 aliphatic carbocycles. The Morgan fingerprint density at radius 3 is 2.19 bits per heavy atom. The van der Waals surface area contributed by atoms with E-state index in [-0.39, 0.29) is 40.9 Å². The highest BCUT2D eigenvalue weighted by molar-refractivity contribution is 6.24. The zero-order chi connectivity index (χ0) is 36.0. The molecule has 5 rings (SSSR count). The number of ketones is 4. The van der Waals surface area contributed by atoms with Crippen LogP contribution >= 0.6 is 0 Å². The number of aromatic hydroxyl groups is 1. The fourth-order valence-electron chi connectivity index (χ4n) is 9.57. The van der Waals surface area contributed by atoms with Gasteiger partial charge < -0.3 is 20.4 Å². The van der Waals surface area contributed by atoms with Crippen LogP contribution in [0.3, 0.4) is 0 Å². The van der Waals surface area contributed by atoms with E-state index in [0.29, 0.717) is 5.56 Å². The van der Waals surface area contributed by atoms with Gasteiger partial charge in [0.25, 0.3) is 0 Å². The molecule has 0 saturated heterocycles. The maximum absolute atomic E-state index is 14.9. The van der Waals surface area contributed by atoms with Crippen molar-refractivity contribution in [3.05, 3.63) is 81.1 Å². The van der Waals surface area contributed by atoms with Gasteiger partial charge in [0.1, 0.15) is 28.6 Å². The maximum atomic E-state index is 14.9. The second-order valence-corrected chi connectivity index (χ2v) is 16.0. The monoisotopic (exact) mass is 656 g/mol. The average Bonchev–Trinajstić information content (AvgIpc) is 2.96. The summed E-state index contributed by atoms with van der Waals surface area (Å²) < 4.78 is 0. The summed E-state index contributed by atoms with van der Waals surface area (Å²) in [5.41, 5.74) is -3.70. The third kappa shape index (κ3) is 4.58. The molecular formula is C40H48O8. The number of rotatable bonds is 6. The van der Waals surface area contributed by atoms with Crippen molar-refractivity contribution in [2.45, 2.75) is 99.0 Å². The Labute approximate surface area is 282 Å². The SMILES string of the molecule is CC(=O)C1=C(O)[C@]2(O)C(=O)C3=C(O)c4c(O)cccc4[C@@H](C)[C@]3(C)[C@@H](CC(=O)Cc3ccc(C)cc3C(C)(C)C)[C@]2(C)C(C(C)C)C1=O. The molecule has 0 aliphatic heterocycles. The minimum atomic E-state index is -2.84. The van der Waals surface area contributed by atoms with Crippen LogP contribution in [0, 0.1) is 35.5 Å². The highest BCUT2D eigenvalue weighted by Gasteiger charge is 2.76. The molecule has 2 aromatic rings. The molecule has 3 aliphatic rings. The van der Waals surface area contributed by atoms with E-state index >= 15 is 0 Å². The number of allylic oxidation sites excluding steroid dienone is 1. The van der Waals surface area contributed by atoms with Crippen molar-refractivity contribution in [3.8, 4) is 5.75 Å². The van der Waals surface area contributed by atoms with E-state index in [9.17, 15) is 39.6 Å². The van der Waals surface area contributed by atoms with Crippen LogP contribution in [-0.2, 0) is 31.0 Å². The summed E-state index contributed by atoms with van der Waals surface area (Å²) in [7, 11) is 0. The lowest BCUT2D eigenvalue weighted by molar-refractivity contribution is -0.199. The van der Waals surface area contributed by atoms with Crippen molar-refractivity contribution in [1.82, 2.24) is 0 Å². The molecule has 0 radical (unpaired) electrons. The molecule has 0 heterocycles. The van der Waals surface area contributed by atoms with Crippen molar-refractivity contribution in [1.29, 1.82) is 0 Å². The normalized spacial score (nSPS) is 30.3. The summed E-state index contributed by atoms with van der Waals surface area (Å²) in [5, 5.41) is 47.3. The van der Waals surface area contributed by atoms with Gasteiger partial charge in [0, 0.05) is 35.2 Å². The van der Waals surface area contributed by atoms with E-state index in [1.807, 2.05) is 26.0 Å². The molecular weight excluding hydrogens is 608 g/mol. The number of aliphatic hydroxyl groups is 3. The van der Waals surface area contributed by atoms with Crippen molar-refractivity contribution in [2.24, 2.45) is 28.6 Å². The second-order valence-electron chi connectivity index (χ2n) is 16.0. The first-order chi connectivity index (χ1) is 22.1. The molecule has 0 spiro atoms. The van der Waals surface area contributed by atoms with Gasteiger partial charge in [-0.15, -0.1) is 0 Å². The van der Waals surface area contributed by atoms with Crippen molar-refractivity contribution >= 4 is 28.9 Å². The molecule has 1 unspecified atom stereocenters. The summed E-state index contributed by atoms with van der Waals surface area (Å²) in [6.45, 7) is 18.0. The van der Waals surface area contributed by atoms with Gasteiger partial charge >= 0.3 is 0 Å². The number of fused-ring (bicyclic) bond motifs is 3. The molecule has 48 heavy (non-hydrogen) atoms. The van der Waals surface area contributed by atoms with Crippen LogP contribution in [0.1, 0.15) is 102 Å². The van der Waals surface area contributed by atoms with Crippen LogP contribution in [0.5, 0.6) is 5.75 Å². The minimum absolute atomic E-state index is 0.0279. The minimum Gasteiger partial charge on any atom is -0.508 e. The Kier molecular flexibility index (Phi) is 8.27. The number of carbonyl (C=O) groups is 4. The van der Waals surface area contributed by atoms with Gasteiger partial charge in [-0.2, -0.15) is 0 Å². The van der Waals surface area contributed by atoms with Gasteiger partial charge in [0.05, 0.1) is 5.56 Å².